The average Bonchev–Trinajstić information content (AvgIpc) is 2.90. The number of anilines is 2. The third kappa shape index (κ3) is 4.31. The van der Waals surface area contributed by atoms with E-state index in [4.69, 9.17) is 4.42 Å². The van der Waals surface area contributed by atoms with Gasteiger partial charge < -0.3 is 9.73 Å². The molecular weight excluding hydrogens is 276 g/mol. The lowest BCUT2D eigenvalue weighted by atomic mass is 10.3. The van der Waals surface area contributed by atoms with Crippen LogP contribution in [-0.4, -0.2) is 14.2 Å². The lowest BCUT2D eigenvalue weighted by molar-refractivity contribution is 0.518. The van der Waals surface area contributed by atoms with E-state index in [9.17, 15) is 8.42 Å². The van der Waals surface area contributed by atoms with Gasteiger partial charge in [0.05, 0.1) is 18.6 Å². The molecule has 0 radical (unpaired) electrons. The van der Waals surface area contributed by atoms with Gasteiger partial charge in [0.15, 0.2) is 0 Å². The molecule has 2 rings (SSSR count). The molecule has 0 aliphatic heterocycles. The molecule has 0 atom stereocenters. The minimum Gasteiger partial charge on any atom is -0.467 e. The van der Waals surface area contributed by atoms with Gasteiger partial charge in [-0.15, -0.1) is 0 Å². The van der Waals surface area contributed by atoms with Gasteiger partial charge >= 0.3 is 0 Å². The zero-order valence-electron chi connectivity index (χ0n) is 11.3. The van der Waals surface area contributed by atoms with Crippen molar-refractivity contribution in [3.8, 4) is 0 Å². The van der Waals surface area contributed by atoms with E-state index in [0.29, 0.717) is 18.7 Å². The molecule has 1 heterocycles. The first-order valence-corrected chi connectivity index (χ1v) is 8.11. The van der Waals surface area contributed by atoms with Crippen molar-refractivity contribution < 1.29 is 12.8 Å². The van der Waals surface area contributed by atoms with Crippen molar-refractivity contribution in [2.45, 2.75) is 19.9 Å². The van der Waals surface area contributed by atoms with Crippen LogP contribution in [0.25, 0.3) is 0 Å². The van der Waals surface area contributed by atoms with Crippen LogP contribution in [0.2, 0.25) is 0 Å². The summed E-state index contributed by atoms with van der Waals surface area (Å²) >= 11 is 0. The Bertz CT molecular complexity index is 619. The van der Waals surface area contributed by atoms with E-state index in [-0.39, 0.29) is 5.75 Å². The minimum atomic E-state index is -3.23. The second-order valence-corrected chi connectivity index (χ2v) is 6.27. The zero-order valence-corrected chi connectivity index (χ0v) is 12.1. The van der Waals surface area contributed by atoms with Crippen molar-refractivity contribution in [1.82, 2.24) is 0 Å². The number of sulfonamides is 1. The van der Waals surface area contributed by atoms with Crippen molar-refractivity contribution in [2.24, 2.45) is 0 Å². The molecule has 0 aliphatic rings. The van der Waals surface area contributed by atoms with Gasteiger partial charge in [-0.25, -0.2) is 8.42 Å². The summed E-state index contributed by atoms with van der Waals surface area (Å²) in [6, 6.07) is 10.8. The molecule has 2 aromatic rings. The molecule has 0 fully saturated rings. The maximum Gasteiger partial charge on any atom is 0.232 e. The second kappa shape index (κ2) is 6.47. The van der Waals surface area contributed by atoms with Gasteiger partial charge in [0.2, 0.25) is 10.0 Å². The van der Waals surface area contributed by atoms with Crippen LogP contribution < -0.4 is 10.0 Å². The molecule has 0 bridgehead atoms. The van der Waals surface area contributed by atoms with Crippen LogP contribution in [0.3, 0.4) is 0 Å². The number of benzene rings is 1. The van der Waals surface area contributed by atoms with Crippen molar-refractivity contribution >= 4 is 21.4 Å². The molecule has 0 unspecified atom stereocenters. The number of hydrogen-bond acceptors (Lipinski definition) is 4. The van der Waals surface area contributed by atoms with E-state index >= 15 is 0 Å². The van der Waals surface area contributed by atoms with Gasteiger partial charge in [0, 0.05) is 11.4 Å². The Morgan fingerprint density at radius 1 is 1.10 bits per heavy atom. The Balaban J connectivity index is 1.92. The number of nitrogens with one attached hydrogen (secondary N) is 2. The van der Waals surface area contributed by atoms with Crippen LogP contribution in [0.4, 0.5) is 11.4 Å². The summed E-state index contributed by atoms with van der Waals surface area (Å²) in [4.78, 5) is 0. The molecule has 6 heteroatoms. The van der Waals surface area contributed by atoms with Crippen LogP contribution in [0, 0.1) is 0 Å². The van der Waals surface area contributed by atoms with Gasteiger partial charge in [0.25, 0.3) is 0 Å². The highest BCUT2D eigenvalue weighted by Crippen LogP contribution is 2.16. The van der Waals surface area contributed by atoms with Gasteiger partial charge in [-0.05, 0) is 42.8 Å². The quantitative estimate of drug-likeness (QED) is 0.823. The second-order valence-electron chi connectivity index (χ2n) is 4.43. The number of rotatable bonds is 7. The monoisotopic (exact) mass is 294 g/mol. The molecular formula is C14H18N2O3S. The van der Waals surface area contributed by atoms with Crippen LogP contribution in [-0.2, 0) is 16.6 Å². The first kappa shape index (κ1) is 14.5. The summed E-state index contributed by atoms with van der Waals surface area (Å²) in [5.74, 6) is 0.976. The number of hydrogen-bond donors (Lipinski definition) is 2. The summed E-state index contributed by atoms with van der Waals surface area (Å²) in [5.41, 5.74) is 1.47. The Kier molecular flexibility index (Phi) is 4.68. The van der Waals surface area contributed by atoms with Crippen LogP contribution in [0.5, 0.6) is 0 Å². The molecule has 0 aliphatic carbocycles. The molecule has 108 valence electrons. The largest absolute Gasteiger partial charge is 0.467 e. The fourth-order valence-corrected chi connectivity index (χ4v) is 2.89. The van der Waals surface area contributed by atoms with Gasteiger partial charge in [-0.1, -0.05) is 6.92 Å². The summed E-state index contributed by atoms with van der Waals surface area (Å²) in [5, 5.41) is 3.19. The highest BCUT2D eigenvalue weighted by molar-refractivity contribution is 7.92. The van der Waals surface area contributed by atoms with E-state index in [1.165, 1.54) is 0 Å². The highest BCUT2D eigenvalue weighted by atomic mass is 32.2. The molecule has 2 N–H and O–H groups in total. The van der Waals surface area contributed by atoms with E-state index in [0.717, 1.165) is 11.4 Å². The number of furan rings is 1. The maximum absolute atomic E-state index is 11.6. The predicted octanol–water partition coefficient (Wildman–Crippen LogP) is 3.04. The van der Waals surface area contributed by atoms with Crippen LogP contribution in [0.15, 0.2) is 47.1 Å². The van der Waals surface area contributed by atoms with E-state index in [1.54, 1.807) is 18.4 Å². The standard InChI is InChI=1S/C14H18N2O3S/c1-2-10-20(17,18)16-13-7-5-12(6-8-13)15-11-14-4-3-9-19-14/h3-9,15-16H,2,10-11H2,1H3. The summed E-state index contributed by atoms with van der Waals surface area (Å²) in [6.45, 7) is 2.43. The Morgan fingerprint density at radius 3 is 2.40 bits per heavy atom. The van der Waals surface area contributed by atoms with Crippen molar-refractivity contribution in [2.75, 3.05) is 15.8 Å². The lowest BCUT2D eigenvalue weighted by Crippen LogP contribution is -2.15. The summed E-state index contributed by atoms with van der Waals surface area (Å²) in [6.07, 6.45) is 2.22. The molecule has 0 spiro atoms. The van der Waals surface area contributed by atoms with Gasteiger partial charge in [-0.2, -0.15) is 0 Å². The van der Waals surface area contributed by atoms with Crippen molar-refractivity contribution in [3.05, 3.63) is 48.4 Å². The fourth-order valence-electron chi connectivity index (χ4n) is 1.76. The zero-order chi connectivity index (χ0) is 14.4. The average molecular weight is 294 g/mol. The molecule has 0 saturated heterocycles. The molecule has 1 aromatic heterocycles. The van der Waals surface area contributed by atoms with E-state index in [2.05, 4.69) is 10.0 Å². The Labute approximate surface area is 119 Å². The summed E-state index contributed by atoms with van der Waals surface area (Å²) < 4.78 is 31.0. The summed E-state index contributed by atoms with van der Waals surface area (Å²) in [7, 11) is -3.23. The molecule has 0 saturated carbocycles. The first-order valence-electron chi connectivity index (χ1n) is 6.46. The van der Waals surface area contributed by atoms with E-state index < -0.39 is 10.0 Å². The van der Waals surface area contributed by atoms with E-state index in [1.807, 2.05) is 31.2 Å². The van der Waals surface area contributed by atoms with Crippen LogP contribution in [0.1, 0.15) is 19.1 Å². The highest BCUT2D eigenvalue weighted by Gasteiger charge is 2.08. The topological polar surface area (TPSA) is 71.3 Å². The third-order valence-electron chi connectivity index (χ3n) is 2.68. The minimum absolute atomic E-state index is 0.130. The Hall–Kier alpha value is -1.95. The third-order valence-corrected chi connectivity index (χ3v) is 4.17. The predicted molar refractivity (Wildman–Crippen MR) is 80.2 cm³/mol. The molecule has 0 amide bonds. The lowest BCUT2D eigenvalue weighted by Gasteiger charge is -2.08. The van der Waals surface area contributed by atoms with Gasteiger partial charge in [-0.3, -0.25) is 4.72 Å². The SMILES string of the molecule is CCCS(=O)(=O)Nc1ccc(NCc2ccco2)cc1. The molecule has 20 heavy (non-hydrogen) atoms. The fraction of sp³-hybridized carbons (Fsp3) is 0.286. The van der Waals surface area contributed by atoms with Crippen molar-refractivity contribution in [3.63, 3.8) is 0 Å². The Morgan fingerprint density at radius 2 is 1.80 bits per heavy atom. The normalized spacial score (nSPS) is 11.2. The molecule has 5 nitrogen and oxygen atoms in total. The smallest absolute Gasteiger partial charge is 0.232 e. The molecule has 1 aromatic carbocycles. The van der Waals surface area contributed by atoms with Gasteiger partial charge in [0.1, 0.15) is 5.76 Å². The van der Waals surface area contributed by atoms with Crippen molar-refractivity contribution in [1.29, 1.82) is 0 Å². The first-order chi connectivity index (χ1) is 9.59. The maximum atomic E-state index is 11.6. The van der Waals surface area contributed by atoms with Crippen LogP contribution >= 0.6 is 0 Å².